The van der Waals surface area contributed by atoms with Crippen LogP contribution < -0.4 is 5.32 Å². The molecule has 1 aliphatic rings. The van der Waals surface area contributed by atoms with Crippen molar-refractivity contribution in [3.05, 3.63) is 12.0 Å². The van der Waals surface area contributed by atoms with Crippen LogP contribution >= 0.6 is 0 Å². The maximum atomic E-state index is 4.71. The molecule has 6 heteroatoms. The van der Waals surface area contributed by atoms with Gasteiger partial charge in [-0.05, 0) is 26.7 Å². The summed E-state index contributed by atoms with van der Waals surface area (Å²) in [5.74, 6) is 1.73. The van der Waals surface area contributed by atoms with Gasteiger partial charge in [0.05, 0.1) is 18.1 Å². The lowest BCUT2D eigenvalue weighted by Gasteiger charge is -2.38. The highest BCUT2D eigenvalue weighted by atomic mass is 15.3. The molecule has 0 aromatic carbocycles. The Labute approximate surface area is 125 Å². The molecule has 3 rings (SSSR count). The van der Waals surface area contributed by atoms with E-state index < -0.39 is 0 Å². The van der Waals surface area contributed by atoms with Crippen LogP contribution in [0.5, 0.6) is 0 Å². The van der Waals surface area contributed by atoms with E-state index in [4.69, 9.17) is 4.98 Å². The lowest BCUT2D eigenvalue weighted by Crippen LogP contribution is -2.43. The lowest BCUT2D eigenvalue weighted by molar-refractivity contribution is 0.0924. The summed E-state index contributed by atoms with van der Waals surface area (Å²) in [6.45, 7) is 5.41. The van der Waals surface area contributed by atoms with Crippen molar-refractivity contribution < 1.29 is 0 Å². The first kappa shape index (κ1) is 14.3. The van der Waals surface area contributed by atoms with Gasteiger partial charge in [-0.2, -0.15) is 5.10 Å². The van der Waals surface area contributed by atoms with Crippen LogP contribution in [0, 0.1) is 0 Å². The van der Waals surface area contributed by atoms with Gasteiger partial charge in [0.25, 0.3) is 0 Å². The van der Waals surface area contributed by atoms with Crippen molar-refractivity contribution in [1.82, 2.24) is 24.6 Å². The van der Waals surface area contributed by atoms with Crippen molar-refractivity contribution in [2.24, 2.45) is 7.05 Å². The summed E-state index contributed by atoms with van der Waals surface area (Å²) in [5, 5.41) is 8.42. The minimum absolute atomic E-state index is 0.595. The number of piperidine rings is 1. The summed E-state index contributed by atoms with van der Waals surface area (Å²) in [6.07, 6.45) is 5.66. The van der Waals surface area contributed by atoms with E-state index in [-0.39, 0.29) is 0 Å². The molecule has 0 radical (unpaired) electrons. The minimum Gasteiger partial charge on any atom is -0.372 e. The SMILES string of the molecule is CNc1nc(CN2[C@H](C)CCC[C@@H]2C)nc2c1cnn2C. The van der Waals surface area contributed by atoms with E-state index in [0.29, 0.717) is 12.1 Å². The average Bonchev–Trinajstić information content (AvgIpc) is 2.84. The van der Waals surface area contributed by atoms with E-state index in [0.717, 1.165) is 29.2 Å². The summed E-state index contributed by atoms with van der Waals surface area (Å²) < 4.78 is 1.81. The molecule has 2 aromatic heterocycles. The first-order valence-electron chi connectivity index (χ1n) is 7.72. The molecule has 0 amide bonds. The van der Waals surface area contributed by atoms with Crippen LogP contribution in [-0.4, -0.2) is 43.8 Å². The highest BCUT2D eigenvalue weighted by molar-refractivity contribution is 5.86. The Kier molecular flexibility index (Phi) is 3.80. The first-order valence-corrected chi connectivity index (χ1v) is 7.72. The molecule has 6 nitrogen and oxygen atoms in total. The van der Waals surface area contributed by atoms with Crippen LogP contribution in [0.15, 0.2) is 6.20 Å². The Morgan fingerprint density at radius 1 is 1.24 bits per heavy atom. The van der Waals surface area contributed by atoms with E-state index in [1.54, 1.807) is 0 Å². The second-order valence-corrected chi connectivity index (χ2v) is 6.05. The van der Waals surface area contributed by atoms with Gasteiger partial charge in [-0.1, -0.05) is 6.42 Å². The standard InChI is InChI=1S/C15H24N6/c1-10-6-5-7-11(2)21(10)9-13-18-14(16-3)12-8-17-20(4)15(12)19-13/h8,10-11H,5-7,9H2,1-4H3,(H,16,18,19)/t10-,11+. The van der Waals surface area contributed by atoms with Gasteiger partial charge >= 0.3 is 0 Å². The largest absolute Gasteiger partial charge is 0.372 e. The predicted octanol–water partition coefficient (Wildman–Crippen LogP) is 2.17. The summed E-state index contributed by atoms with van der Waals surface area (Å²) >= 11 is 0. The Balaban J connectivity index is 1.94. The van der Waals surface area contributed by atoms with Gasteiger partial charge in [-0.3, -0.25) is 9.58 Å². The molecule has 0 unspecified atom stereocenters. The minimum atomic E-state index is 0.595. The molecule has 21 heavy (non-hydrogen) atoms. The average molecular weight is 288 g/mol. The van der Waals surface area contributed by atoms with Crippen molar-refractivity contribution in [1.29, 1.82) is 0 Å². The van der Waals surface area contributed by atoms with Gasteiger partial charge < -0.3 is 5.32 Å². The highest BCUT2D eigenvalue weighted by Crippen LogP contribution is 2.25. The van der Waals surface area contributed by atoms with Gasteiger partial charge in [-0.25, -0.2) is 9.97 Å². The van der Waals surface area contributed by atoms with E-state index in [1.807, 2.05) is 25.0 Å². The summed E-state index contributed by atoms with van der Waals surface area (Å²) in [7, 11) is 3.81. The summed E-state index contributed by atoms with van der Waals surface area (Å²) in [4.78, 5) is 11.9. The molecule has 2 atom stereocenters. The van der Waals surface area contributed by atoms with Crippen molar-refractivity contribution >= 4 is 16.9 Å². The Morgan fingerprint density at radius 2 is 1.95 bits per heavy atom. The second kappa shape index (κ2) is 5.60. The van der Waals surface area contributed by atoms with E-state index in [1.165, 1.54) is 19.3 Å². The Bertz CT molecular complexity index is 624. The number of aryl methyl sites for hydroxylation is 1. The van der Waals surface area contributed by atoms with Crippen LogP contribution in [-0.2, 0) is 13.6 Å². The number of rotatable bonds is 3. The maximum absolute atomic E-state index is 4.71. The maximum Gasteiger partial charge on any atom is 0.163 e. The third-order valence-corrected chi connectivity index (χ3v) is 4.58. The molecule has 0 bridgehead atoms. The molecular formula is C15H24N6. The van der Waals surface area contributed by atoms with Crippen molar-refractivity contribution in [2.45, 2.75) is 51.7 Å². The smallest absolute Gasteiger partial charge is 0.163 e. The number of hydrogen-bond acceptors (Lipinski definition) is 5. The van der Waals surface area contributed by atoms with Crippen LogP contribution in [0.25, 0.3) is 11.0 Å². The van der Waals surface area contributed by atoms with E-state index in [2.05, 4.69) is 34.1 Å². The quantitative estimate of drug-likeness (QED) is 0.938. The highest BCUT2D eigenvalue weighted by Gasteiger charge is 2.25. The number of fused-ring (bicyclic) bond motifs is 1. The molecule has 0 saturated carbocycles. The topological polar surface area (TPSA) is 58.9 Å². The molecular weight excluding hydrogens is 264 g/mol. The number of hydrogen-bond donors (Lipinski definition) is 1. The summed E-state index contributed by atoms with van der Waals surface area (Å²) in [6, 6.07) is 1.19. The molecule has 114 valence electrons. The molecule has 0 aliphatic carbocycles. The van der Waals surface area contributed by atoms with E-state index in [9.17, 15) is 0 Å². The number of nitrogens with zero attached hydrogens (tertiary/aromatic N) is 5. The van der Waals surface area contributed by atoms with Crippen LogP contribution in [0.2, 0.25) is 0 Å². The fraction of sp³-hybridized carbons (Fsp3) is 0.667. The van der Waals surface area contributed by atoms with Gasteiger partial charge in [0.15, 0.2) is 5.65 Å². The molecule has 1 fully saturated rings. The first-order chi connectivity index (χ1) is 10.1. The third kappa shape index (κ3) is 2.60. The van der Waals surface area contributed by atoms with Crippen molar-refractivity contribution in [3.8, 4) is 0 Å². The Morgan fingerprint density at radius 3 is 2.62 bits per heavy atom. The number of anilines is 1. The number of aromatic nitrogens is 4. The van der Waals surface area contributed by atoms with Crippen LogP contribution in [0.1, 0.15) is 38.9 Å². The fourth-order valence-corrected chi connectivity index (χ4v) is 3.28. The van der Waals surface area contributed by atoms with Crippen LogP contribution in [0.3, 0.4) is 0 Å². The third-order valence-electron chi connectivity index (χ3n) is 4.58. The summed E-state index contributed by atoms with van der Waals surface area (Å²) in [5.41, 5.74) is 0.890. The molecule has 1 N–H and O–H groups in total. The molecule has 0 spiro atoms. The zero-order chi connectivity index (χ0) is 15.0. The van der Waals surface area contributed by atoms with Crippen molar-refractivity contribution in [2.75, 3.05) is 12.4 Å². The molecule has 2 aromatic rings. The van der Waals surface area contributed by atoms with Crippen LogP contribution in [0.4, 0.5) is 5.82 Å². The van der Waals surface area contributed by atoms with E-state index >= 15 is 0 Å². The lowest BCUT2D eigenvalue weighted by atomic mass is 9.97. The Hall–Kier alpha value is -1.69. The fourth-order valence-electron chi connectivity index (χ4n) is 3.28. The predicted molar refractivity (Wildman–Crippen MR) is 84.2 cm³/mol. The molecule has 3 heterocycles. The monoisotopic (exact) mass is 288 g/mol. The number of nitrogens with one attached hydrogen (secondary N) is 1. The normalized spacial score (nSPS) is 23.6. The van der Waals surface area contributed by atoms with Gasteiger partial charge in [0, 0.05) is 26.2 Å². The van der Waals surface area contributed by atoms with Gasteiger partial charge in [0.1, 0.15) is 11.6 Å². The van der Waals surface area contributed by atoms with Crippen molar-refractivity contribution in [3.63, 3.8) is 0 Å². The second-order valence-electron chi connectivity index (χ2n) is 6.05. The molecule has 1 saturated heterocycles. The number of likely N-dealkylation sites (tertiary alicyclic amines) is 1. The zero-order valence-corrected chi connectivity index (χ0v) is 13.3. The van der Waals surface area contributed by atoms with Gasteiger partial charge in [0.2, 0.25) is 0 Å². The van der Waals surface area contributed by atoms with Gasteiger partial charge in [-0.15, -0.1) is 0 Å². The molecule has 1 aliphatic heterocycles. The zero-order valence-electron chi connectivity index (χ0n) is 13.3.